The second kappa shape index (κ2) is 12.8. The highest BCUT2D eigenvalue weighted by Gasteiger charge is 2.21. The van der Waals surface area contributed by atoms with E-state index in [-0.39, 0.29) is 0 Å². The van der Waals surface area contributed by atoms with Crippen LogP contribution in [-0.2, 0) is 6.42 Å². The van der Waals surface area contributed by atoms with Gasteiger partial charge in [0, 0.05) is 32.8 Å². The number of hydrogen-bond acceptors (Lipinski definition) is 0. The molecule has 2 nitrogen and oxygen atoms in total. The molecule has 0 saturated heterocycles. The van der Waals surface area contributed by atoms with Crippen LogP contribution in [0.3, 0.4) is 0 Å². The van der Waals surface area contributed by atoms with Gasteiger partial charge in [0.15, 0.2) is 0 Å². The van der Waals surface area contributed by atoms with Gasteiger partial charge in [0.25, 0.3) is 0 Å². The molecule has 53 heavy (non-hydrogen) atoms. The SMILES string of the molecule is CCCc1cccc(-c2ccccc2-n2c3ccccc3c3c4c5ccccc5n(-c5ccc(-c6ccccc6-c6ccccc6)cc5)c4ccc32)c1. The summed E-state index contributed by atoms with van der Waals surface area (Å²) in [5.41, 5.74) is 16.0. The third-order valence-corrected chi connectivity index (χ3v) is 10.8. The summed E-state index contributed by atoms with van der Waals surface area (Å²) in [6.45, 7) is 2.25. The first-order valence-electron chi connectivity index (χ1n) is 18.7. The van der Waals surface area contributed by atoms with E-state index < -0.39 is 0 Å². The number of aromatic nitrogens is 2. The molecule has 0 aliphatic heterocycles. The lowest BCUT2D eigenvalue weighted by Crippen LogP contribution is -1.97. The van der Waals surface area contributed by atoms with Crippen molar-refractivity contribution in [2.24, 2.45) is 0 Å². The summed E-state index contributed by atoms with van der Waals surface area (Å²) >= 11 is 0. The molecule has 0 saturated carbocycles. The fraction of sp³-hybridized carbons (Fsp3) is 0.0588. The van der Waals surface area contributed by atoms with Gasteiger partial charge in [0.1, 0.15) is 0 Å². The minimum Gasteiger partial charge on any atom is -0.309 e. The molecule has 0 radical (unpaired) electrons. The zero-order chi connectivity index (χ0) is 35.3. The molecular weight excluding hydrogens is 641 g/mol. The van der Waals surface area contributed by atoms with E-state index in [4.69, 9.17) is 0 Å². The number of aryl methyl sites for hydroxylation is 1. The molecule has 0 unspecified atom stereocenters. The summed E-state index contributed by atoms with van der Waals surface area (Å²) in [6.07, 6.45) is 2.21. The molecule has 0 aliphatic rings. The van der Waals surface area contributed by atoms with E-state index in [1.807, 2.05) is 0 Å². The maximum Gasteiger partial charge on any atom is 0.0549 e. The van der Waals surface area contributed by atoms with E-state index in [0.29, 0.717) is 0 Å². The third-order valence-electron chi connectivity index (χ3n) is 10.8. The second-order valence-corrected chi connectivity index (χ2v) is 14.0. The molecule has 0 aliphatic carbocycles. The van der Waals surface area contributed by atoms with E-state index in [1.165, 1.54) is 88.2 Å². The zero-order valence-corrected chi connectivity index (χ0v) is 29.7. The van der Waals surface area contributed by atoms with Crippen molar-refractivity contribution >= 4 is 43.6 Å². The standard InChI is InChI=1S/C51H38N2/c1-2-15-35-16-14-19-38(34-35)42-22-8-11-25-45(42)53-47-27-13-10-24-44(47)51-49(53)33-32-48-50(51)43-23-9-12-26-46(43)52(48)39-30-28-37(29-31-39)41-21-7-6-20-40(41)36-17-4-3-5-18-36/h3-14,16-34H,2,15H2,1H3. The highest BCUT2D eigenvalue weighted by molar-refractivity contribution is 6.29. The fourth-order valence-electron chi connectivity index (χ4n) is 8.55. The van der Waals surface area contributed by atoms with Crippen molar-refractivity contribution in [3.05, 3.63) is 194 Å². The summed E-state index contributed by atoms with van der Waals surface area (Å²) < 4.78 is 4.92. The van der Waals surface area contributed by atoms with Gasteiger partial charge in [-0.3, -0.25) is 0 Å². The van der Waals surface area contributed by atoms with E-state index >= 15 is 0 Å². The van der Waals surface area contributed by atoms with Crippen molar-refractivity contribution < 1.29 is 0 Å². The predicted molar refractivity (Wildman–Crippen MR) is 225 cm³/mol. The summed E-state index contributed by atoms with van der Waals surface area (Å²) in [5, 5.41) is 5.10. The Morgan fingerprint density at radius 2 is 0.906 bits per heavy atom. The average molecular weight is 679 g/mol. The maximum absolute atomic E-state index is 2.48. The molecule has 0 bridgehead atoms. The highest BCUT2D eigenvalue weighted by atomic mass is 15.0. The lowest BCUT2D eigenvalue weighted by atomic mass is 9.94. The molecule has 10 rings (SSSR count). The summed E-state index contributed by atoms with van der Waals surface area (Å²) in [6, 6.07) is 68.9. The quantitative estimate of drug-likeness (QED) is 0.159. The van der Waals surface area contributed by atoms with Crippen molar-refractivity contribution in [1.82, 2.24) is 9.13 Å². The summed E-state index contributed by atoms with van der Waals surface area (Å²) in [5.74, 6) is 0. The average Bonchev–Trinajstić information content (AvgIpc) is 3.74. The number of nitrogens with zero attached hydrogens (tertiary/aromatic N) is 2. The number of hydrogen-bond donors (Lipinski definition) is 0. The van der Waals surface area contributed by atoms with Crippen molar-refractivity contribution in [1.29, 1.82) is 0 Å². The van der Waals surface area contributed by atoms with Crippen LogP contribution in [0.25, 0.3) is 88.4 Å². The first kappa shape index (κ1) is 31.1. The number of rotatable bonds is 7. The maximum atomic E-state index is 2.48. The van der Waals surface area contributed by atoms with E-state index in [1.54, 1.807) is 0 Å². The molecule has 0 N–H and O–H groups in total. The Kier molecular flexibility index (Phi) is 7.54. The van der Waals surface area contributed by atoms with Gasteiger partial charge in [-0.2, -0.15) is 0 Å². The van der Waals surface area contributed by atoms with Gasteiger partial charge < -0.3 is 9.13 Å². The largest absolute Gasteiger partial charge is 0.309 e. The normalized spacial score (nSPS) is 11.6. The minimum absolute atomic E-state index is 1.08. The smallest absolute Gasteiger partial charge is 0.0549 e. The Morgan fingerprint density at radius 1 is 0.377 bits per heavy atom. The van der Waals surface area contributed by atoms with Gasteiger partial charge in [-0.1, -0.05) is 159 Å². The Morgan fingerprint density at radius 3 is 1.58 bits per heavy atom. The monoisotopic (exact) mass is 678 g/mol. The van der Waals surface area contributed by atoms with E-state index in [9.17, 15) is 0 Å². The van der Waals surface area contributed by atoms with Crippen LogP contribution >= 0.6 is 0 Å². The van der Waals surface area contributed by atoms with Crippen LogP contribution in [0.2, 0.25) is 0 Å². The Labute approximate surface area is 309 Å². The predicted octanol–water partition coefficient (Wildman–Crippen LogP) is 13.8. The Bertz CT molecular complexity index is 2940. The van der Waals surface area contributed by atoms with Crippen LogP contribution in [0.4, 0.5) is 0 Å². The summed E-state index contributed by atoms with van der Waals surface area (Å²) in [7, 11) is 0. The topological polar surface area (TPSA) is 9.86 Å². The van der Waals surface area contributed by atoms with Crippen LogP contribution in [-0.4, -0.2) is 9.13 Å². The fourth-order valence-corrected chi connectivity index (χ4v) is 8.55. The van der Waals surface area contributed by atoms with Crippen molar-refractivity contribution in [2.75, 3.05) is 0 Å². The number of para-hydroxylation sites is 3. The van der Waals surface area contributed by atoms with E-state index in [0.717, 1.165) is 18.5 Å². The van der Waals surface area contributed by atoms with Gasteiger partial charge >= 0.3 is 0 Å². The minimum atomic E-state index is 1.08. The second-order valence-electron chi connectivity index (χ2n) is 14.0. The molecule has 2 aromatic heterocycles. The van der Waals surface area contributed by atoms with Crippen LogP contribution in [0.1, 0.15) is 18.9 Å². The zero-order valence-electron chi connectivity index (χ0n) is 29.7. The van der Waals surface area contributed by atoms with Crippen LogP contribution in [0.15, 0.2) is 188 Å². The first-order chi connectivity index (χ1) is 26.3. The number of benzene rings is 8. The van der Waals surface area contributed by atoms with E-state index in [2.05, 4.69) is 204 Å². The molecule has 0 amide bonds. The third kappa shape index (κ3) is 5.10. The lowest BCUT2D eigenvalue weighted by Gasteiger charge is -2.15. The molecule has 0 fully saturated rings. The molecule has 10 aromatic rings. The Balaban J connectivity index is 1.19. The van der Waals surface area contributed by atoms with Crippen molar-refractivity contribution in [3.63, 3.8) is 0 Å². The van der Waals surface area contributed by atoms with Crippen molar-refractivity contribution in [3.8, 4) is 44.8 Å². The molecule has 2 heterocycles. The van der Waals surface area contributed by atoms with Gasteiger partial charge in [0.2, 0.25) is 0 Å². The van der Waals surface area contributed by atoms with Crippen LogP contribution in [0.5, 0.6) is 0 Å². The molecular formula is C51H38N2. The van der Waals surface area contributed by atoms with Gasteiger partial charge in [0.05, 0.1) is 27.8 Å². The van der Waals surface area contributed by atoms with Crippen molar-refractivity contribution in [2.45, 2.75) is 19.8 Å². The number of fused-ring (bicyclic) bond motifs is 7. The molecule has 8 aromatic carbocycles. The Hall–Kier alpha value is -6.64. The first-order valence-corrected chi connectivity index (χ1v) is 18.7. The molecule has 0 atom stereocenters. The van der Waals surface area contributed by atoms with Gasteiger partial charge in [-0.25, -0.2) is 0 Å². The van der Waals surface area contributed by atoms with Gasteiger partial charge in [-0.15, -0.1) is 0 Å². The molecule has 0 spiro atoms. The molecule has 252 valence electrons. The summed E-state index contributed by atoms with van der Waals surface area (Å²) in [4.78, 5) is 0. The van der Waals surface area contributed by atoms with Crippen LogP contribution < -0.4 is 0 Å². The van der Waals surface area contributed by atoms with Gasteiger partial charge in [-0.05, 0) is 82.3 Å². The highest BCUT2D eigenvalue weighted by Crippen LogP contribution is 2.44. The van der Waals surface area contributed by atoms with Crippen LogP contribution in [0, 0.1) is 0 Å². The molecule has 2 heteroatoms. The lowest BCUT2D eigenvalue weighted by molar-refractivity contribution is 0.922.